The molecule has 2 rings (SSSR count). The largest absolute Gasteiger partial charge is 0.369 e. The van der Waals surface area contributed by atoms with Crippen LogP contribution in [0.1, 0.15) is 20.8 Å². The van der Waals surface area contributed by atoms with Gasteiger partial charge in [-0.25, -0.2) is 0 Å². The number of benzene rings is 1. The maximum atomic E-state index is 12.1. The fraction of sp³-hybridized carbons (Fsp3) is 0.579. The molecule has 1 heterocycles. The Labute approximate surface area is 150 Å². The standard InChI is InChI=1S/C19H30N4O2/c1-15(2)13-20-19(25)14-23(16(3)24)18-7-5-17(6-8-18)22-11-9-21(4)10-12-22/h5-8,15H,9-14H2,1-4H3,(H,20,25). The third kappa shape index (κ3) is 5.74. The van der Waals surface area contributed by atoms with E-state index in [4.69, 9.17) is 0 Å². The number of likely N-dealkylation sites (N-methyl/N-ethyl adjacent to an activating group) is 1. The quantitative estimate of drug-likeness (QED) is 0.849. The summed E-state index contributed by atoms with van der Waals surface area (Å²) >= 11 is 0. The number of anilines is 2. The van der Waals surface area contributed by atoms with Gasteiger partial charge in [0.25, 0.3) is 0 Å². The maximum absolute atomic E-state index is 12.1. The highest BCUT2D eigenvalue weighted by Crippen LogP contribution is 2.22. The van der Waals surface area contributed by atoms with Crippen molar-refractivity contribution in [3.63, 3.8) is 0 Å². The Hall–Kier alpha value is -2.08. The summed E-state index contributed by atoms with van der Waals surface area (Å²) in [5.74, 6) is 0.122. The van der Waals surface area contributed by atoms with Crippen LogP contribution < -0.4 is 15.1 Å². The molecule has 0 spiro atoms. The summed E-state index contributed by atoms with van der Waals surface area (Å²) in [6.07, 6.45) is 0. The molecular formula is C19H30N4O2. The predicted octanol–water partition coefficient (Wildman–Crippen LogP) is 1.56. The van der Waals surface area contributed by atoms with E-state index in [1.165, 1.54) is 11.8 Å². The van der Waals surface area contributed by atoms with E-state index < -0.39 is 0 Å². The van der Waals surface area contributed by atoms with Crippen molar-refractivity contribution in [3.8, 4) is 0 Å². The number of hydrogen-bond acceptors (Lipinski definition) is 4. The van der Waals surface area contributed by atoms with Crippen LogP contribution in [-0.2, 0) is 9.59 Å². The first kappa shape index (κ1) is 19.2. The van der Waals surface area contributed by atoms with Crippen LogP contribution in [-0.4, -0.2) is 63.0 Å². The van der Waals surface area contributed by atoms with Crippen molar-refractivity contribution < 1.29 is 9.59 Å². The molecule has 0 atom stereocenters. The van der Waals surface area contributed by atoms with Crippen LogP contribution in [0.25, 0.3) is 0 Å². The summed E-state index contributed by atoms with van der Waals surface area (Å²) in [6.45, 7) is 10.4. The van der Waals surface area contributed by atoms with E-state index in [1.807, 2.05) is 38.1 Å². The highest BCUT2D eigenvalue weighted by molar-refractivity contribution is 5.97. The van der Waals surface area contributed by atoms with E-state index in [0.29, 0.717) is 12.5 Å². The molecule has 25 heavy (non-hydrogen) atoms. The van der Waals surface area contributed by atoms with Crippen LogP contribution >= 0.6 is 0 Å². The average molecular weight is 346 g/mol. The Morgan fingerprint density at radius 3 is 2.24 bits per heavy atom. The van der Waals surface area contributed by atoms with Gasteiger partial charge in [0.1, 0.15) is 6.54 Å². The smallest absolute Gasteiger partial charge is 0.240 e. The summed E-state index contributed by atoms with van der Waals surface area (Å²) < 4.78 is 0. The number of hydrogen-bond donors (Lipinski definition) is 1. The molecule has 6 nitrogen and oxygen atoms in total. The van der Waals surface area contributed by atoms with Crippen molar-refractivity contribution >= 4 is 23.2 Å². The number of piperazine rings is 1. The fourth-order valence-electron chi connectivity index (χ4n) is 2.81. The molecule has 2 amide bonds. The van der Waals surface area contributed by atoms with Crippen LogP contribution in [0.4, 0.5) is 11.4 Å². The molecule has 0 radical (unpaired) electrons. The molecule has 0 bridgehead atoms. The van der Waals surface area contributed by atoms with Crippen molar-refractivity contribution in [1.29, 1.82) is 0 Å². The molecule has 138 valence electrons. The first-order valence-electron chi connectivity index (χ1n) is 8.95. The van der Waals surface area contributed by atoms with Crippen LogP contribution in [0, 0.1) is 5.92 Å². The molecule has 0 unspecified atom stereocenters. The zero-order valence-corrected chi connectivity index (χ0v) is 15.8. The van der Waals surface area contributed by atoms with E-state index in [9.17, 15) is 9.59 Å². The minimum atomic E-state index is -0.132. The van der Waals surface area contributed by atoms with E-state index in [-0.39, 0.29) is 18.4 Å². The van der Waals surface area contributed by atoms with Gasteiger partial charge in [0.05, 0.1) is 0 Å². The Bertz CT molecular complexity index is 578. The summed E-state index contributed by atoms with van der Waals surface area (Å²) in [7, 11) is 2.13. The molecule has 6 heteroatoms. The number of nitrogens with zero attached hydrogens (tertiary/aromatic N) is 3. The third-order valence-electron chi connectivity index (χ3n) is 4.42. The topological polar surface area (TPSA) is 55.9 Å². The zero-order valence-electron chi connectivity index (χ0n) is 15.8. The van der Waals surface area contributed by atoms with E-state index in [0.717, 1.165) is 37.6 Å². The first-order chi connectivity index (χ1) is 11.9. The van der Waals surface area contributed by atoms with Crippen molar-refractivity contribution in [2.24, 2.45) is 5.92 Å². The Morgan fingerprint density at radius 2 is 1.72 bits per heavy atom. The van der Waals surface area contributed by atoms with E-state index >= 15 is 0 Å². The lowest BCUT2D eigenvalue weighted by molar-refractivity contribution is -0.123. The minimum Gasteiger partial charge on any atom is -0.369 e. The Kier molecular flexibility index (Phi) is 6.82. The van der Waals surface area contributed by atoms with E-state index in [2.05, 4.69) is 22.2 Å². The number of carbonyl (C=O) groups excluding carboxylic acids is 2. The van der Waals surface area contributed by atoms with Gasteiger partial charge >= 0.3 is 0 Å². The monoisotopic (exact) mass is 346 g/mol. The summed E-state index contributed by atoms with van der Waals surface area (Å²) in [5, 5.41) is 2.86. The highest BCUT2D eigenvalue weighted by atomic mass is 16.2. The fourth-order valence-corrected chi connectivity index (χ4v) is 2.81. The summed E-state index contributed by atoms with van der Waals surface area (Å²) in [5.41, 5.74) is 1.91. The molecule has 0 saturated carbocycles. The molecule has 1 aromatic rings. The molecule has 1 fully saturated rings. The maximum Gasteiger partial charge on any atom is 0.240 e. The number of carbonyl (C=O) groups is 2. The molecule has 1 saturated heterocycles. The average Bonchev–Trinajstić information content (AvgIpc) is 2.58. The molecule has 0 aliphatic carbocycles. The first-order valence-corrected chi connectivity index (χ1v) is 8.95. The van der Waals surface area contributed by atoms with Gasteiger partial charge < -0.3 is 20.0 Å². The second-order valence-electron chi connectivity index (χ2n) is 7.11. The molecule has 0 aromatic heterocycles. The minimum absolute atomic E-state index is 0.0515. The van der Waals surface area contributed by atoms with Crippen molar-refractivity contribution in [3.05, 3.63) is 24.3 Å². The molecule has 1 aliphatic rings. The lowest BCUT2D eigenvalue weighted by Crippen LogP contribution is -2.44. The van der Waals surface area contributed by atoms with Crippen molar-refractivity contribution in [2.45, 2.75) is 20.8 Å². The van der Waals surface area contributed by atoms with Gasteiger partial charge in [0.15, 0.2) is 0 Å². The van der Waals surface area contributed by atoms with Gasteiger partial charge in [-0.2, -0.15) is 0 Å². The second-order valence-corrected chi connectivity index (χ2v) is 7.11. The zero-order chi connectivity index (χ0) is 18.4. The molecular weight excluding hydrogens is 316 g/mol. The Balaban J connectivity index is 2.01. The number of nitrogens with one attached hydrogen (secondary N) is 1. The van der Waals surface area contributed by atoms with Gasteiger partial charge in [-0.3, -0.25) is 9.59 Å². The van der Waals surface area contributed by atoms with Gasteiger partial charge in [-0.1, -0.05) is 13.8 Å². The lowest BCUT2D eigenvalue weighted by atomic mass is 10.2. The van der Waals surface area contributed by atoms with Gasteiger partial charge in [0, 0.05) is 51.0 Å². The van der Waals surface area contributed by atoms with Crippen LogP contribution in [0.5, 0.6) is 0 Å². The van der Waals surface area contributed by atoms with Crippen LogP contribution in [0.15, 0.2) is 24.3 Å². The SMILES string of the molecule is CC(=O)N(CC(=O)NCC(C)C)c1ccc(N2CCN(C)CC2)cc1. The van der Waals surface area contributed by atoms with Crippen molar-refractivity contribution in [2.75, 3.05) is 56.1 Å². The van der Waals surface area contributed by atoms with Gasteiger partial charge in [-0.05, 0) is 37.2 Å². The van der Waals surface area contributed by atoms with E-state index in [1.54, 1.807) is 0 Å². The Morgan fingerprint density at radius 1 is 1.12 bits per heavy atom. The number of rotatable bonds is 6. The summed E-state index contributed by atoms with van der Waals surface area (Å²) in [6, 6.07) is 7.90. The normalized spacial score (nSPS) is 15.3. The second kappa shape index (κ2) is 8.85. The molecule has 1 N–H and O–H groups in total. The van der Waals surface area contributed by atoms with Crippen LogP contribution in [0.2, 0.25) is 0 Å². The van der Waals surface area contributed by atoms with Crippen molar-refractivity contribution in [1.82, 2.24) is 10.2 Å². The molecule has 1 aromatic carbocycles. The van der Waals surface area contributed by atoms with Gasteiger partial charge in [0.2, 0.25) is 11.8 Å². The van der Waals surface area contributed by atoms with Gasteiger partial charge in [-0.15, -0.1) is 0 Å². The predicted molar refractivity (Wildman–Crippen MR) is 102 cm³/mol. The van der Waals surface area contributed by atoms with Crippen LogP contribution in [0.3, 0.4) is 0 Å². The lowest BCUT2D eigenvalue weighted by Gasteiger charge is -2.34. The summed E-state index contributed by atoms with van der Waals surface area (Å²) in [4.78, 5) is 30.2. The number of amides is 2. The molecule has 1 aliphatic heterocycles. The third-order valence-corrected chi connectivity index (χ3v) is 4.42. The highest BCUT2D eigenvalue weighted by Gasteiger charge is 2.18.